The van der Waals surface area contributed by atoms with Gasteiger partial charge in [0.05, 0.1) is 9.40 Å². The molecule has 2 N–H and O–H groups in total. The first-order valence-corrected chi connectivity index (χ1v) is 6.24. The number of hydrogen-bond donors (Lipinski definition) is 1. The minimum absolute atomic E-state index is 0.0523. The van der Waals surface area contributed by atoms with Crippen LogP contribution in [0.5, 0.6) is 11.5 Å². The van der Waals surface area contributed by atoms with Crippen molar-refractivity contribution in [2.75, 3.05) is 5.73 Å². The van der Waals surface area contributed by atoms with Gasteiger partial charge in [0.25, 0.3) is 5.69 Å². The maximum Gasteiger partial charge on any atom is 0.273 e. The Morgan fingerprint density at radius 1 is 1.26 bits per heavy atom. The molecule has 0 bridgehead atoms. The smallest absolute Gasteiger partial charge is 0.273 e. The number of nitrogens with zero attached hydrogens (tertiary/aromatic N) is 1. The second-order valence-corrected chi connectivity index (χ2v) is 4.85. The fourth-order valence-corrected chi connectivity index (χ4v) is 1.99. The third-order valence-corrected chi connectivity index (χ3v) is 3.17. The Hall–Kier alpha value is -2.08. The van der Waals surface area contributed by atoms with Crippen LogP contribution in [0.4, 0.5) is 11.4 Å². The van der Waals surface area contributed by atoms with Crippen molar-refractivity contribution < 1.29 is 9.66 Å². The number of nitrogen functional groups attached to an aromatic ring is 1. The Bertz CT molecular complexity index is 627. The van der Waals surface area contributed by atoms with E-state index in [-0.39, 0.29) is 5.69 Å². The molecule has 0 saturated carbocycles. The van der Waals surface area contributed by atoms with Crippen LogP contribution in [0.1, 0.15) is 5.56 Å². The van der Waals surface area contributed by atoms with Crippen LogP contribution in [0.15, 0.2) is 40.9 Å². The maximum atomic E-state index is 10.8. The van der Waals surface area contributed by atoms with Gasteiger partial charge in [-0.05, 0) is 53.2 Å². The van der Waals surface area contributed by atoms with Gasteiger partial charge in [0.2, 0.25) is 0 Å². The highest BCUT2D eigenvalue weighted by atomic mass is 79.9. The second-order valence-electron chi connectivity index (χ2n) is 4.00. The van der Waals surface area contributed by atoms with Gasteiger partial charge in [-0.15, -0.1) is 0 Å². The summed E-state index contributed by atoms with van der Waals surface area (Å²) in [6, 6.07) is 9.97. The number of rotatable bonds is 3. The van der Waals surface area contributed by atoms with E-state index in [9.17, 15) is 10.1 Å². The highest BCUT2D eigenvalue weighted by Crippen LogP contribution is 2.35. The lowest BCUT2D eigenvalue weighted by molar-refractivity contribution is -0.385. The summed E-state index contributed by atoms with van der Waals surface area (Å²) in [5, 5.41) is 10.8. The molecule has 19 heavy (non-hydrogen) atoms. The Morgan fingerprint density at radius 3 is 2.47 bits per heavy atom. The molecule has 0 aliphatic heterocycles. The van der Waals surface area contributed by atoms with E-state index in [0.29, 0.717) is 27.2 Å². The standard InChI is InChI=1S/C13H11BrN2O3/c1-8-6-13(11(14)7-12(8)16(17)18)19-10-4-2-9(15)3-5-10/h2-7H,15H2,1H3. The Balaban J connectivity index is 2.33. The van der Waals surface area contributed by atoms with E-state index < -0.39 is 4.92 Å². The molecule has 6 heteroatoms. The third kappa shape index (κ3) is 3.03. The minimum atomic E-state index is -0.424. The van der Waals surface area contributed by atoms with E-state index in [1.54, 1.807) is 37.3 Å². The van der Waals surface area contributed by atoms with Gasteiger partial charge in [0, 0.05) is 17.3 Å². The number of anilines is 1. The molecule has 0 fully saturated rings. The number of ether oxygens (including phenoxy) is 1. The molecule has 98 valence electrons. The fraction of sp³-hybridized carbons (Fsp3) is 0.0769. The van der Waals surface area contributed by atoms with E-state index in [1.807, 2.05) is 0 Å². The van der Waals surface area contributed by atoms with Gasteiger partial charge in [0.15, 0.2) is 0 Å². The zero-order valence-electron chi connectivity index (χ0n) is 10.1. The first-order chi connectivity index (χ1) is 8.97. The zero-order chi connectivity index (χ0) is 14.0. The van der Waals surface area contributed by atoms with Gasteiger partial charge in [-0.2, -0.15) is 0 Å². The van der Waals surface area contributed by atoms with Crippen LogP contribution >= 0.6 is 15.9 Å². The molecule has 0 spiro atoms. The van der Waals surface area contributed by atoms with E-state index in [4.69, 9.17) is 10.5 Å². The normalized spacial score (nSPS) is 10.2. The molecule has 0 radical (unpaired) electrons. The quantitative estimate of drug-likeness (QED) is 0.525. The predicted molar refractivity (Wildman–Crippen MR) is 76.5 cm³/mol. The Labute approximate surface area is 118 Å². The monoisotopic (exact) mass is 322 g/mol. The number of aryl methyl sites for hydroxylation is 1. The van der Waals surface area contributed by atoms with Crippen molar-refractivity contribution in [3.05, 3.63) is 56.5 Å². The number of nitro benzene ring substituents is 1. The summed E-state index contributed by atoms with van der Waals surface area (Å²) in [7, 11) is 0. The Morgan fingerprint density at radius 2 is 1.89 bits per heavy atom. The molecule has 0 heterocycles. The SMILES string of the molecule is Cc1cc(Oc2ccc(N)cc2)c(Br)cc1[N+](=O)[O-]. The number of nitrogens with two attached hydrogens (primary N) is 1. The summed E-state index contributed by atoms with van der Waals surface area (Å²) in [6.07, 6.45) is 0. The molecule has 0 aliphatic rings. The number of halogens is 1. The minimum Gasteiger partial charge on any atom is -0.456 e. The summed E-state index contributed by atoms with van der Waals surface area (Å²) in [4.78, 5) is 10.4. The van der Waals surface area contributed by atoms with Crippen LogP contribution in [-0.4, -0.2) is 4.92 Å². The van der Waals surface area contributed by atoms with Gasteiger partial charge in [-0.1, -0.05) is 0 Å². The highest BCUT2D eigenvalue weighted by Gasteiger charge is 2.15. The van der Waals surface area contributed by atoms with Gasteiger partial charge in [0.1, 0.15) is 11.5 Å². The molecule has 2 aromatic carbocycles. The molecule has 0 saturated heterocycles. The van der Waals surface area contributed by atoms with Crippen LogP contribution in [0.25, 0.3) is 0 Å². The van der Waals surface area contributed by atoms with Crippen molar-refractivity contribution in [3.63, 3.8) is 0 Å². The van der Waals surface area contributed by atoms with Crippen LogP contribution in [0.2, 0.25) is 0 Å². The van der Waals surface area contributed by atoms with Crippen LogP contribution in [0.3, 0.4) is 0 Å². The van der Waals surface area contributed by atoms with Crippen molar-refractivity contribution in [1.82, 2.24) is 0 Å². The number of benzene rings is 2. The van der Waals surface area contributed by atoms with Crippen molar-refractivity contribution >= 4 is 27.3 Å². The van der Waals surface area contributed by atoms with Crippen LogP contribution in [-0.2, 0) is 0 Å². The summed E-state index contributed by atoms with van der Waals surface area (Å²) in [5.74, 6) is 1.14. The average Bonchev–Trinajstić information content (AvgIpc) is 2.35. The molecule has 0 aliphatic carbocycles. The lowest BCUT2D eigenvalue weighted by Gasteiger charge is -2.09. The summed E-state index contributed by atoms with van der Waals surface area (Å²) in [6.45, 7) is 1.67. The lowest BCUT2D eigenvalue weighted by Crippen LogP contribution is -1.94. The van der Waals surface area contributed by atoms with E-state index in [1.165, 1.54) is 6.07 Å². The molecular formula is C13H11BrN2O3. The molecule has 0 aromatic heterocycles. The van der Waals surface area contributed by atoms with Gasteiger partial charge in [-0.3, -0.25) is 10.1 Å². The zero-order valence-corrected chi connectivity index (χ0v) is 11.7. The van der Waals surface area contributed by atoms with E-state index in [2.05, 4.69) is 15.9 Å². The first kappa shape index (κ1) is 13.4. The molecule has 0 amide bonds. The van der Waals surface area contributed by atoms with Crippen molar-refractivity contribution in [2.24, 2.45) is 0 Å². The van der Waals surface area contributed by atoms with Crippen molar-refractivity contribution in [3.8, 4) is 11.5 Å². The number of nitro groups is 1. The van der Waals surface area contributed by atoms with Gasteiger partial charge in [-0.25, -0.2) is 0 Å². The summed E-state index contributed by atoms with van der Waals surface area (Å²) < 4.78 is 6.18. The van der Waals surface area contributed by atoms with E-state index >= 15 is 0 Å². The van der Waals surface area contributed by atoms with Crippen molar-refractivity contribution in [2.45, 2.75) is 6.92 Å². The van der Waals surface area contributed by atoms with Gasteiger partial charge >= 0.3 is 0 Å². The summed E-state index contributed by atoms with van der Waals surface area (Å²) >= 11 is 3.27. The second kappa shape index (κ2) is 5.27. The van der Waals surface area contributed by atoms with E-state index in [0.717, 1.165) is 0 Å². The average molecular weight is 323 g/mol. The highest BCUT2D eigenvalue weighted by molar-refractivity contribution is 9.10. The maximum absolute atomic E-state index is 10.8. The van der Waals surface area contributed by atoms with Crippen molar-refractivity contribution in [1.29, 1.82) is 0 Å². The number of hydrogen-bond acceptors (Lipinski definition) is 4. The molecule has 0 unspecified atom stereocenters. The third-order valence-electron chi connectivity index (χ3n) is 2.56. The molecule has 5 nitrogen and oxygen atoms in total. The molecule has 0 atom stereocenters. The summed E-state index contributed by atoms with van der Waals surface area (Å²) in [5.41, 5.74) is 6.82. The molecular weight excluding hydrogens is 312 g/mol. The predicted octanol–water partition coefficient (Wildman–Crippen LogP) is 4.04. The Kier molecular flexibility index (Phi) is 3.71. The first-order valence-electron chi connectivity index (χ1n) is 5.45. The van der Waals surface area contributed by atoms with Crippen LogP contribution < -0.4 is 10.5 Å². The fourth-order valence-electron chi connectivity index (χ4n) is 1.58. The van der Waals surface area contributed by atoms with Gasteiger partial charge < -0.3 is 10.5 Å². The lowest BCUT2D eigenvalue weighted by atomic mass is 10.2. The van der Waals surface area contributed by atoms with Crippen LogP contribution in [0, 0.1) is 17.0 Å². The largest absolute Gasteiger partial charge is 0.456 e. The molecule has 2 aromatic rings. The topological polar surface area (TPSA) is 78.4 Å². The molecule has 2 rings (SSSR count).